The molecule has 1 aromatic carbocycles. The van der Waals surface area contributed by atoms with Gasteiger partial charge in [0.1, 0.15) is 0 Å². The van der Waals surface area contributed by atoms with Crippen molar-refractivity contribution in [3.8, 4) is 0 Å². The van der Waals surface area contributed by atoms with Crippen LogP contribution in [0.4, 0.5) is 0 Å². The number of rotatable bonds is 5. The molecular formula is C18H28ClN3O2. The summed E-state index contributed by atoms with van der Waals surface area (Å²) in [5, 5.41) is 5.70. The molecule has 2 rings (SSSR count). The average Bonchev–Trinajstić information content (AvgIpc) is 2.51. The molecule has 134 valence electrons. The number of hydrogen-bond donors (Lipinski definition) is 3. The van der Waals surface area contributed by atoms with Gasteiger partial charge in [0, 0.05) is 24.2 Å². The number of hydrogen-bond acceptors (Lipinski definition) is 3. The maximum Gasteiger partial charge on any atom is 0.251 e. The number of carbonyl (C=O) groups excluding carboxylic acids is 2. The molecule has 5 nitrogen and oxygen atoms in total. The van der Waals surface area contributed by atoms with E-state index in [2.05, 4.69) is 10.6 Å². The van der Waals surface area contributed by atoms with Crippen molar-refractivity contribution in [2.24, 2.45) is 11.7 Å². The molecule has 2 unspecified atom stereocenters. The van der Waals surface area contributed by atoms with E-state index < -0.39 is 5.54 Å². The maximum atomic E-state index is 12.3. The second-order valence-corrected chi connectivity index (χ2v) is 6.72. The summed E-state index contributed by atoms with van der Waals surface area (Å²) in [6.45, 7) is 4.76. The van der Waals surface area contributed by atoms with Gasteiger partial charge in [-0.2, -0.15) is 0 Å². The van der Waals surface area contributed by atoms with Crippen LogP contribution in [-0.4, -0.2) is 30.4 Å². The van der Waals surface area contributed by atoms with Crippen molar-refractivity contribution in [1.82, 2.24) is 10.6 Å². The van der Waals surface area contributed by atoms with E-state index >= 15 is 0 Å². The quantitative estimate of drug-likeness (QED) is 0.709. The molecule has 0 heterocycles. The molecule has 4 N–H and O–H groups in total. The number of halogens is 1. The van der Waals surface area contributed by atoms with Crippen molar-refractivity contribution in [1.29, 1.82) is 0 Å². The minimum Gasteiger partial charge on any atom is -0.354 e. The van der Waals surface area contributed by atoms with Gasteiger partial charge in [-0.1, -0.05) is 30.5 Å². The van der Waals surface area contributed by atoms with Crippen LogP contribution in [-0.2, 0) is 4.79 Å². The third-order valence-electron chi connectivity index (χ3n) is 4.59. The largest absolute Gasteiger partial charge is 0.354 e. The molecule has 1 saturated carbocycles. The lowest BCUT2D eigenvalue weighted by atomic mass is 9.74. The molecule has 1 aliphatic carbocycles. The minimum atomic E-state index is -0.423. The maximum absolute atomic E-state index is 12.3. The van der Waals surface area contributed by atoms with Crippen LogP contribution in [0.2, 0.25) is 0 Å². The molecule has 2 atom stereocenters. The smallest absolute Gasteiger partial charge is 0.251 e. The number of amides is 2. The van der Waals surface area contributed by atoms with Crippen molar-refractivity contribution >= 4 is 24.2 Å². The van der Waals surface area contributed by atoms with Crippen LogP contribution >= 0.6 is 12.4 Å². The van der Waals surface area contributed by atoms with Gasteiger partial charge >= 0.3 is 0 Å². The summed E-state index contributed by atoms with van der Waals surface area (Å²) in [5.41, 5.74) is 7.56. The Morgan fingerprint density at radius 3 is 2.42 bits per heavy atom. The van der Waals surface area contributed by atoms with E-state index in [1.807, 2.05) is 26.0 Å². The van der Waals surface area contributed by atoms with E-state index in [9.17, 15) is 9.59 Å². The lowest BCUT2D eigenvalue weighted by Crippen LogP contribution is -2.53. The van der Waals surface area contributed by atoms with Gasteiger partial charge in [-0.25, -0.2) is 0 Å². The highest BCUT2D eigenvalue weighted by molar-refractivity contribution is 5.94. The Labute approximate surface area is 150 Å². The van der Waals surface area contributed by atoms with Crippen molar-refractivity contribution in [2.45, 2.75) is 45.1 Å². The highest BCUT2D eigenvalue weighted by atomic mass is 35.5. The van der Waals surface area contributed by atoms with Gasteiger partial charge in [-0.15, -0.1) is 12.4 Å². The van der Waals surface area contributed by atoms with Gasteiger partial charge in [0.05, 0.1) is 5.92 Å². The zero-order valence-corrected chi connectivity index (χ0v) is 15.2. The zero-order chi connectivity index (χ0) is 16.9. The Kier molecular flexibility index (Phi) is 7.70. The Balaban J connectivity index is 0.00000288. The second-order valence-electron chi connectivity index (χ2n) is 6.72. The third-order valence-corrected chi connectivity index (χ3v) is 4.59. The fraction of sp³-hybridized carbons (Fsp3) is 0.556. The minimum absolute atomic E-state index is 0. The summed E-state index contributed by atoms with van der Waals surface area (Å²) in [5.74, 6) is -0.260. The first-order valence-corrected chi connectivity index (χ1v) is 8.31. The molecule has 0 aromatic heterocycles. The predicted molar refractivity (Wildman–Crippen MR) is 98.3 cm³/mol. The predicted octanol–water partition coefficient (Wildman–Crippen LogP) is 2.17. The van der Waals surface area contributed by atoms with E-state index in [1.54, 1.807) is 12.1 Å². The molecule has 0 radical (unpaired) electrons. The second kappa shape index (κ2) is 9.04. The van der Waals surface area contributed by atoms with Crippen LogP contribution in [0.3, 0.4) is 0 Å². The van der Waals surface area contributed by atoms with E-state index in [-0.39, 0.29) is 30.1 Å². The molecule has 1 aliphatic rings. The number of nitrogens with two attached hydrogens (primary N) is 1. The monoisotopic (exact) mass is 353 g/mol. The SMILES string of the molecule is Cc1ccc(C(=O)NCCNC(=O)C2CCCCC2(C)N)cc1.Cl. The average molecular weight is 354 g/mol. The summed E-state index contributed by atoms with van der Waals surface area (Å²) < 4.78 is 0. The molecule has 1 fully saturated rings. The molecule has 6 heteroatoms. The van der Waals surface area contributed by atoms with Crippen LogP contribution in [0.25, 0.3) is 0 Å². The van der Waals surface area contributed by atoms with E-state index in [0.29, 0.717) is 18.7 Å². The van der Waals surface area contributed by atoms with Gasteiger partial charge in [0.15, 0.2) is 0 Å². The Morgan fingerprint density at radius 2 is 1.79 bits per heavy atom. The van der Waals surface area contributed by atoms with Crippen LogP contribution in [0, 0.1) is 12.8 Å². The van der Waals surface area contributed by atoms with E-state index in [4.69, 9.17) is 5.73 Å². The summed E-state index contributed by atoms with van der Waals surface area (Å²) in [6, 6.07) is 7.40. The highest BCUT2D eigenvalue weighted by Crippen LogP contribution is 2.31. The van der Waals surface area contributed by atoms with Gasteiger partial charge < -0.3 is 16.4 Å². The van der Waals surface area contributed by atoms with Crippen molar-refractivity contribution in [2.75, 3.05) is 13.1 Å². The Morgan fingerprint density at radius 1 is 1.17 bits per heavy atom. The van der Waals surface area contributed by atoms with Crippen molar-refractivity contribution in [3.63, 3.8) is 0 Å². The normalized spacial score (nSPS) is 23.0. The summed E-state index contributed by atoms with van der Waals surface area (Å²) in [4.78, 5) is 24.2. The fourth-order valence-corrected chi connectivity index (χ4v) is 3.08. The molecule has 2 amide bonds. The lowest BCUT2D eigenvalue weighted by molar-refractivity contribution is -0.128. The molecule has 0 bridgehead atoms. The lowest BCUT2D eigenvalue weighted by Gasteiger charge is -2.37. The number of aryl methyl sites for hydroxylation is 1. The van der Waals surface area contributed by atoms with Crippen LogP contribution in [0.1, 0.15) is 48.5 Å². The van der Waals surface area contributed by atoms with Crippen LogP contribution in [0.5, 0.6) is 0 Å². The highest BCUT2D eigenvalue weighted by Gasteiger charge is 2.37. The number of carbonyl (C=O) groups is 2. The van der Waals surface area contributed by atoms with E-state index in [1.165, 1.54) is 0 Å². The number of benzene rings is 1. The molecule has 0 aliphatic heterocycles. The number of nitrogens with one attached hydrogen (secondary N) is 2. The van der Waals surface area contributed by atoms with Gasteiger partial charge in [-0.3, -0.25) is 9.59 Å². The topological polar surface area (TPSA) is 84.2 Å². The standard InChI is InChI=1S/C18H27N3O2.ClH/c1-13-6-8-14(9-7-13)16(22)20-11-12-21-17(23)15-5-3-4-10-18(15,2)19;/h6-9,15H,3-5,10-12,19H2,1-2H3,(H,20,22)(H,21,23);1H. The molecule has 24 heavy (non-hydrogen) atoms. The fourth-order valence-electron chi connectivity index (χ4n) is 3.08. The van der Waals surface area contributed by atoms with Crippen LogP contribution < -0.4 is 16.4 Å². The molecular weight excluding hydrogens is 326 g/mol. The Bertz CT molecular complexity index is 558. The van der Waals surface area contributed by atoms with E-state index in [0.717, 1.165) is 31.2 Å². The molecule has 1 aromatic rings. The van der Waals surface area contributed by atoms with Gasteiger partial charge in [-0.05, 0) is 38.8 Å². The Hall–Kier alpha value is -1.59. The third kappa shape index (κ3) is 5.49. The summed E-state index contributed by atoms with van der Waals surface area (Å²) >= 11 is 0. The van der Waals surface area contributed by atoms with Crippen molar-refractivity contribution in [3.05, 3.63) is 35.4 Å². The van der Waals surface area contributed by atoms with Gasteiger partial charge in [0.25, 0.3) is 5.91 Å². The summed E-state index contributed by atoms with van der Waals surface area (Å²) in [6.07, 6.45) is 3.86. The van der Waals surface area contributed by atoms with Crippen LogP contribution in [0.15, 0.2) is 24.3 Å². The molecule has 0 saturated heterocycles. The first-order valence-electron chi connectivity index (χ1n) is 8.31. The summed E-state index contributed by atoms with van der Waals surface area (Å²) in [7, 11) is 0. The zero-order valence-electron chi connectivity index (χ0n) is 14.4. The first-order chi connectivity index (χ1) is 10.9. The molecule has 0 spiro atoms. The van der Waals surface area contributed by atoms with Gasteiger partial charge in [0.2, 0.25) is 5.91 Å². The first kappa shape index (κ1) is 20.5. The van der Waals surface area contributed by atoms with Crippen molar-refractivity contribution < 1.29 is 9.59 Å².